The Kier molecular flexibility index (Phi) is 3.55. The molecule has 0 fully saturated rings. The Hall–Kier alpha value is -2.10. The van der Waals surface area contributed by atoms with Gasteiger partial charge in [0.05, 0.1) is 12.0 Å². The molecule has 1 aromatic carbocycles. The number of hydrogen-bond donors (Lipinski definition) is 1. The Labute approximate surface area is 100 Å². The molecule has 0 saturated carbocycles. The van der Waals surface area contributed by atoms with Crippen molar-refractivity contribution >= 4 is 5.91 Å². The summed E-state index contributed by atoms with van der Waals surface area (Å²) in [5.41, 5.74) is 1.68. The van der Waals surface area contributed by atoms with E-state index in [9.17, 15) is 4.79 Å². The molecule has 17 heavy (non-hydrogen) atoms. The summed E-state index contributed by atoms with van der Waals surface area (Å²) in [7, 11) is 1.93. The summed E-state index contributed by atoms with van der Waals surface area (Å²) in [4.78, 5) is 15.9. The first-order chi connectivity index (χ1) is 8.25. The number of aromatic nitrogens is 2. The highest BCUT2D eigenvalue weighted by molar-refractivity contribution is 5.94. The lowest BCUT2D eigenvalue weighted by molar-refractivity contribution is 0.0954. The molecule has 1 aromatic heterocycles. The molecule has 88 valence electrons. The Morgan fingerprint density at radius 1 is 1.35 bits per heavy atom. The van der Waals surface area contributed by atoms with Crippen molar-refractivity contribution in [1.82, 2.24) is 14.9 Å². The molecule has 1 heterocycles. The van der Waals surface area contributed by atoms with Gasteiger partial charge in [0.25, 0.3) is 5.91 Å². The first-order valence-corrected chi connectivity index (χ1v) is 5.56. The number of imidazole rings is 1. The van der Waals surface area contributed by atoms with Crippen LogP contribution in [0.25, 0.3) is 0 Å². The molecule has 0 atom stereocenters. The van der Waals surface area contributed by atoms with Gasteiger partial charge in [-0.15, -0.1) is 0 Å². The van der Waals surface area contributed by atoms with E-state index in [1.165, 1.54) is 0 Å². The van der Waals surface area contributed by atoms with Crippen molar-refractivity contribution in [2.24, 2.45) is 7.05 Å². The summed E-state index contributed by atoms with van der Waals surface area (Å²) in [6, 6.07) is 9.21. The minimum atomic E-state index is -0.0402. The molecule has 0 aliphatic heterocycles. The third kappa shape index (κ3) is 3.17. The van der Waals surface area contributed by atoms with Crippen molar-refractivity contribution in [2.45, 2.75) is 6.42 Å². The van der Waals surface area contributed by atoms with Crippen molar-refractivity contribution in [2.75, 3.05) is 6.54 Å². The lowest BCUT2D eigenvalue weighted by Gasteiger charge is -2.03. The highest BCUT2D eigenvalue weighted by Gasteiger charge is 2.03. The quantitative estimate of drug-likeness (QED) is 0.861. The Bertz CT molecular complexity index is 490. The van der Waals surface area contributed by atoms with Gasteiger partial charge in [-0.2, -0.15) is 0 Å². The standard InChI is InChI=1S/C13H15N3O/c1-16-9-12(15-10-16)7-8-14-13(17)11-5-3-2-4-6-11/h2-6,9-10H,7-8H2,1H3,(H,14,17). The van der Waals surface area contributed by atoms with Crippen LogP contribution in [0.4, 0.5) is 0 Å². The topological polar surface area (TPSA) is 46.9 Å². The van der Waals surface area contributed by atoms with Crippen molar-refractivity contribution in [3.63, 3.8) is 0 Å². The van der Waals surface area contributed by atoms with E-state index in [2.05, 4.69) is 10.3 Å². The first kappa shape index (κ1) is 11.4. The van der Waals surface area contributed by atoms with Gasteiger partial charge in [0.15, 0.2) is 0 Å². The van der Waals surface area contributed by atoms with Gasteiger partial charge in [-0.3, -0.25) is 4.79 Å². The molecule has 0 saturated heterocycles. The normalized spacial score (nSPS) is 10.2. The van der Waals surface area contributed by atoms with Gasteiger partial charge < -0.3 is 9.88 Å². The fraction of sp³-hybridized carbons (Fsp3) is 0.231. The zero-order chi connectivity index (χ0) is 12.1. The van der Waals surface area contributed by atoms with E-state index in [-0.39, 0.29) is 5.91 Å². The van der Waals surface area contributed by atoms with Gasteiger partial charge in [-0.05, 0) is 12.1 Å². The Morgan fingerprint density at radius 2 is 2.12 bits per heavy atom. The van der Waals surface area contributed by atoms with Crippen LogP contribution in [0, 0.1) is 0 Å². The number of aryl methyl sites for hydroxylation is 1. The molecule has 0 aliphatic carbocycles. The van der Waals surface area contributed by atoms with E-state index < -0.39 is 0 Å². The predicted molar refractivity (Wildman–Crippen MR) is 65.7 cm³/mol. The van der Waals surface area contributed by atoms with E-state index in [1.54, 1.807) is 18.5 Å². The van der Waals surface area contributed by atoms with Crippen LogP contribution in [0.3, 0.4) is 0 Å². The van der Waals surface area contributed by atoms with Gasteiger partial charge in [-0.25, -0.2) is 4.98 Å². The van der Waals surface area contributed by atoms with Crippen molar-refractivity contribution in [3.05, 3.63) is 54.1 Å². The lowest BCUT2D eigenvalue weighted by atomic mass is 10.2. The van der Waals surface area contributed by atoms with Gasteiger partial charge in [0.2, 0.25) is 0 Å². The van der Waals surface area contributed by atoms with Gasteiger partial charge in [0.1, 0.15) is 0 Å². The summed E-state index contributed by atoms with van der Waals surface area (Å²) >= 11 is 0. The smallest absolute Gasteiger partial charge is 0.251 e. The number of rotatable bonds is 4. The van der Waals surface area contributed by atoms with Crippen LogP contribution in [0.5, 0.6) is 0 Å². The average molecular weight is 229 g/mol. The maximum absolute atomic E-state index is 11.7. The summed E-state index contributed by atoms with van der Waals surface area (Å²) in [6.45, 7) is 0.602. The van der Waals surface area contributed by atoms with Gasteiger partial charge >= 0.3 is 0 Å². The van der Waals surface area contributed by atoms with E-state index in [4.69, 9.17) is 0 Å². The monoisotopic (exact) mass is 229 g/mol. The summed E-state index contributed by atoms with van der Waals surface area (Å²) in [5.74, 6) is -0.0402. The third-order valence-electron chi connectivity index (χ3n) is 2.46. The minimum absolute atomic E-state index is 0.0402. The number of nitrogens with zero attached hydrogens (tertiary/aromatic N) is 2. The highest BCUT2D eigenvalue weighted by atomic mass is 16.1. The van der Waals surface area contributed by atoms with Crippen LogP contribution in [0.15, 0.2) is 42.9 Å². The maximum Gasteiger partial charge on any atom is 0.251 e. The summed E-state index contributed by atoms with van der Waals surface area (Å²) in [6.07, 6.45) is 4.46. The first-order valence-electron chi connectivity index (χ1n) is 5.56. The zero-order valence-corrected chi connectivity index (χ0v) is 9.76. The Morgan fingerprint density at radius 3 is 2.76 bits per heavy atom. The molecular formula is C13H15N3O. The molecule has 0 radical (unpaired) electrons. The number of benzene rings is 1. The number of amides is 1. The van der Waals surface area contributed by atoms with Crippen LogP contribution < -0.4 is 5.32 Å². The fourth-order valence-corrected chi connectivity index (χ4v) is 1.59. The average Bonchev–Trinajstić information content (AvgIpc) is 2.76. The summed E-state index contributed by atoms with van der Waals surface area (Å²) < 4.78 is 1.90. The number of hydrogen-bond acceptors (Lipinski definition) is 2. The zero-order valence-electron chi connectivity index (χ0n) is 9.76. The molecule has 0 bridgehead atoms. The molecule has 1 amide bonds. The maximum atomic E-state index is 11.7. The van der Waals surface area contributed by atoms with Crippen LogP contribution in [0.2, 0.25) is 0 Å². The highest BCUT2D eigenvalue weighted by Crippen LogP contribution is 1.98. The van der Waals surface area contributed by atoms with Crippen LogP contribution in [-0.2, 0) is 13.5 Å². The number of carbonyl (C=O) groups excluding carboxylic acids is 1. The molecule has 4 heteroatoms. The van der Waals surface area contributed by atoms with Gasteiger partial charge in [0, 0.05) is 31.8 Å². The van der Waals surface area contributed by atoms with Crippen molar-refractivity contribution in [3.8, 4) is 0 Å². The molecule has 1 N–H and O–H groups in total. The largest absolute Gasteiger partial charge is 0.352 e. The fourth-order valence-electron chi connectivity index (χ4n) is 1.59. The second-order valence-electron chi connectivity index (χ2n) is 3.90. The molecule has 0 spiro atoms. The van der Waals surface area contributed by atoms with E-state index >= 15 is 0 Å². The Balaban J connectivity index is 1.81. The molecule has 4 nitrogen and oxygen atoms in total. The lowest BCUT2D eigenvalue weighted by Crippen LogP contribution is -2.25. The minimum Gasteiger partial charge on any atom is -0.352 e. The number of carbonyl (C=O) groups is 1. The molecule has 2 aromatic rings. The SMILES string of the molecule is Cn1cnc(CCNC(=O)c2ccccc2)c1. The molecule has 0 aliphatic rings. The second-order valence-corrected chi connectivity index (χ2v) is 3.90. The molecule has 2 rings (SSSR count). The predicted octanol–water partition coefficient (Wildman–Crippen LogP) is 1.39. The third-order valence-corrected chi connectivity index (χ3v) is 2.46. The van der Waals surface area contributed by atoms with E-state index in [0.717, 1.165) is 12.1 Å². The van der Waals surface area contributed by atoms with Gasteiger partial charge in [-0.1, -0.05) is 18.2 Å². The summed E-state index contributed by atoms with van der Waals surface area (Å²) in [5, 5.41) is 2.87. The van der Waals surface area contributed by atoms with E-state index in [0.29, 0.717) is 12.1 Å². The number of nitrogens with one attached hydrogen (secondary N) is 1. The van der Waals surface area contributed by atoms with Crippen molar-refractivity contribution < 1.29 is 4.79 Å². The van der Waals surface area contributed by atoms with Crippen LogP contribution in [-0.4, -0.2) is 22.0 Å². The van der Waals surface area contributed by atoms with E-state index in [1.807, 2.05) is 36.0 Å². The van der Waals surface area contributed by atoms with Crippen LogP contribution in [0.1, 0.15) is 16.1 Å². The van der Waals surface area contributed by atoms with Crippen LogP contribution >= 0.6 is 0 Å². The molecular weight excluding hydrogens is 214 g/mol. The molecule has 0 unspecified atom stereocenters. The second kappa shape index (κ2) is 5.30. The van der Waals surface area contributed by atoms with Crippen molar-refractivity contribution in [1.29, 1.82) is 0 Å².